The molecule has 28 heavy (non-hydrogen) atoms. The molecule has 0 spiro atoms. The van der Waals surface area contributed by atoms with Crippen molar-refractivity contribution in [3.63, 3.8) is 0 Å². The number of unbranched alkanes of at least 4 members (excludes halogenated alkanes) is 22. The van der Waals surface area contributed by atoms with E-state index in [0.717, 1.165) is 0 Å². The highest BCUT2D eigenvalue weighted by Gasteiger charge is 1.94. The van der Waals surface area contributed by atoms with Gasteiger partial charge in [-0.2, -0.15) is 0 Å². The largest absolute Gasteiger partial charge is 0.0885 e. The van der Waals surface area contributed by atoms with Gasteiger partial charge in [-0.05, 0) is 25.7 Å². The van der Waals surface area contributed by atoms with Crippen molar-refractivity contribution >= 4 is 0 Å². The maximum atomic E-state index is 2.44. The molecule has 0 atom stereocenters. The van der Waals surface area contributed by atoms with Crippen LogP contribution >= 0.6 is 0 Å². The summed E-state index contributed by atoms with van der Waals surface area (Å²) in [5.41, 5.74) is 0. The van der Waals surface area contributed by atoms with Crippen LogP contribution in [0.5, 0.6) is 0 Å². The number of hydrogen-bond acceptors (Lipinski definition) is 0. The third-order valence-electron chi connectivity index (χ3n) is 6.12. The lowest BCUT2D eigenvalue weighted by Gasteiger charge is -2.03. The van der Waals surface area contributed by atoms with Gasteiger partial charge in [-0.1, -0.05) is 154 Å². The molecule has 0 saturated heterocycles. The molecule has 0 aliphatic rings. The summed E-state index contributed by atoms with van der Waals surface area (Å²) in [4.78, 5) is 0. The topological polar surface area (TPSA) is 0 Å². The molecule has 0 amide bonds. The van der Waals surface area contributed by atoms with Crippen molar-refractivity contribution in [2.45, 2.75) is 168 Å². The summed E-state index contributed by atoms with van der Waals surface area (Å²) in [7, 11) is 0. The molecule has 0 N–H and O–H groups in total. The maximum absolute atomic E-state index is 2.44. The van der Waals surface area contributed by atoms with Crippen LogP contribution in [0.4, 0.5) is 0 Å². The molecular weight excluding hydrogens is 336 g/mol. The Morgan fingerprint density at radius 2 is 0.500 bits per heavy atom. The number of rotatable bonds is 24. The fourth-order valence-corrected chi connectivity index (χ4v) is 4.09. The summed E-state index contributed by atoms with van der Waals surface area (Å²) < 4.78 is 0. The van der Waals surface area contributed by atoms with Gasteiger partial charge in [0, 0.05) is 0 Å². The predicted molar refractivity (Wildman–Crippen MR) is 131 cm³/mol. The highest BCUT2D eigenvalue weighted by atomic mass is 14.0. The SMILES string of the molecule is CCCCCCCC=CCCCCCCCCCCCCCCCCCCC. The van der Waals surface area contributed by atoms with Crippen molar-refractivity contribution in [3.8, 4) is 0 Å². The Morgan fingerprint density at radius 3 is 0.750 bits per heavy atom. The second-order valence-electron chi connectivity index (χ2n) is 9.12. The number of hydrogen-bond donors (Lipinski definition) is 0. The lowest BCUT2D eigenvalue weighted by atomic mass is 10.0. The van der Waals surface area contributed by atoms with Crippen LogP contribution in [0.2, 0.25) is 0 Å². The standard InChI is InChI=1S/C28H56/c1-3-5-7-9-11-13-15-17-19-21-23-25-27-28-26-24-22-20-18-16-14-12-10-8-6-4-2/h15,17H,3-14,16,18-28H2,1-2H3. The number of allylic oxidation sites excluding steroid dienone is 2. The van der Waals surface area contributed by atoms with Gasteiger partial charge in [-0.3, -0.25) is 0 Å². The molecule has 0 heterocycles. The van der Waals surface area contributed by atoms with Gasteiger partial charge in [0.1, 0.15) is 0 Å². The molecule has 0 fully saturated rings. The maximum Gasteiger partial charge on any atom is -0.0351 e. The van der Waals surface area contributed by atoms with Gasteiger partial charge in [-0.25, -0.2) is 0 Å². The molecule has 0 saturated carbocycles. The van der Waals surface area contributed by atoms with E-state index in [9.17, 15) is 0 Å². The van der Waals surface area contributed by atoms with E-state index in [-0.39, 0.29) is 0 Å². The summed E-state index contributed by atoms with van der Waals surface area (Å²) in [6.45, 7) is 4.59. The van der Waals surface area contributed by atoms with Crippen molar-refractivity contribution in [3.05, 3.63) is 12.2 Å². The van der Waals surface area contributed by atoms with Crippen LogP contribution in [0.1, 0.15) is 168 Å². The molecule has 0 heteroatoms. The zero-order valence-electron chi connectivity index (χ0n) is 20.1. The van der Waals surface area contributed by atoms with Gasteiger partial charge in [-0.15, -0.1) is 0 Å². The van der Waals surface area contributed by atoms with Crippen molar-refractivity contribution < 1.29 is 0 Å². The normalized spacial score (nSPS) is 11.6. The predicted octanol–water partition coefficient (Wildman–Crippen LogP) is 10.9. The Morgan fingerprint density at radius 1 is 0.286 bits per heavy atom. The minimum Gasteiger partial charge on any atom is -0.0885 e. The highest BCUT2D eigenvalue weighted by Crippen LogP contribution is 2.14. The Kier molecular flexibility index (Phi) is 26.5. The molecular formula is C28H56. The fourth-order valence-electron chi connectivity index (χ4n) is 4.09. The van der Waals surface area contributed by atoms with Crippen molar-refractivity contribution in [1.82, 2.24) is 0 Å². The van der Waals surface area contributed by atoms with E-state index < -0.39 is 0 Å². The van der Waals surface area contributed by atoms with E-state index in [1.165, 1.54) is 154 Å². The molecule has 0 aliphatic heterocycles. The molecule has 0 radical (unpaired) electrons. The average Bonchev–Trinajstić information content (AvgIpc) is 2.71. The van der Waals surface area contributed by atoms with Crippen LogP contribution < -0.4 is 0 Å². The van der Waals surface area contributed by atoms with E-state index >= 15 is 0 Å². The summed E-state index contributed by atoms with van der Waals surface area (Å²) in [5, 5.41) is 0. The quantitative estimate of drug-likeness (QED) is 0.113. The van der Waals surface area contributed by atoms with Gasteiger partial charge < -0.3 is 0 Å². The minimum atomic E-state index is 1.31. The lowest BCUT2D eigenvalue weighted by molar-refractivity contribution is 0.527. The Hall–Kier alpha value is -0.260. The average molecular weight is 393 g/mol. The zero-order valence-corrected chi connectivity index (χ0v) is 20.1. The second-order valence-corrected chi connectivity index (χ2v) is 9.12. The Balaban J connectivity index is 3.03. The minimum absolute atomic E-state index is 1.31. The van der Waals surface area contributed by atoms with Gasteiger partial charge >= 0.3 is 0 Å². The first-order valence-corrected chi connectivity index (χ1v) is 13.6. The van der Waals surface area contributed by atoms with Crippen molar-refractivity contribution in [2.24, 2.45) is 0 Å². The van der Waals surface area contributed by atoms with Crippen LogP contribution in [0.3, 0.4) is 0 Å². The summed E-state index contributed by atoms with van der Waals surface area (Å²) in [6.07, 6.45) is 39.4. The van der Waals surface area contributed by atoms with Crippen LogP contribution in [-0.4, -0.2) is 0 Å². The van der Waals surface area contributed by atoms with E-state index in [2.05, 4.69) is 26.0 Å². The molecule has 0 aliphatic carbocycles. The van der Waals surface area contributed by atoms with Crippen LogP contribution in [0, 0.1) is 0 Å². The first-order chi connectivity index (χ1) is 13.9. The molecule has 0 bridgehead atoms. The van der Waals surface area contributed by atoms with Gasteiger partial charge in [0.2, 0.25) is 0 Å². The first kappa shape index (κ1) is 27.7. The fraction of sp³-hybridized carbons (Fsp3) is 0.929. The molecule has 0 rings (SSSR count). The third-order valence-corrected chi connectivity index (χ3v) is 6.12. The summed E-state index contributed by atoms with van der Waals surface area (Å²) in [6, 6.07) is 0. The molecule has 0 aromatic rings. The monoisotopic (exact) mass is 392 g/mol. The van der Waals surface area contributed by atoms with Crippen molar-refractivity contribution in [1.29, 1.82) is 0 Å². The summed E-state index contributed by atoms with van der Waals surface area (Å²) >= 11 is 0. The molecule has 0 aromatic heterocycles. The van der Waals surface area contributed by atoms with Gasteiger partial charge in [0.15, 0.2) is 0 Å². The smallest absolute Gasteiger partial charge is 0.0351 e. The van der Waals surface area contributed by atoms with Gasteiger partial charge in [0.05, 0.1) is 0 Å². The highest BCUT2D eigenvalue weighted by molar-refractivity contribution is 4.81. The molecule has 0 aromatic carbocycles. The Labute approximate surface area is 180 Å². The molecule has 168 valence electrons. The van der Waals surface area contributed by atoms with E-state index in [0.29, 0.717) is 0 Å². The van der Waals surface area contributed by atoms with E-state index in [1.807, 2.05) is 0 Å². The lowest BCUT2D eigenvalue weighted by Crippen LogP contribution is -1.83. The van der Waals surface area contributed by atoms with E-state index in [4.69, 9.17) is 0 Å². The summed E-state index contributed by atoms with van der Waals surface area (Å²) in [5.74, 6) is 0. The third kappa shape index (κ3) is 25.7. The second kappa shape index (κ2) is 26.7. The van der Waals surface area contributed by atoms with Crippen molar-refractivity contribution in [2.75, 3.05) is 0 Å². The van der Waals surface area contributed by atoms with Gasteiger partial charge in [0.25, 0.3) is 0 Å². The molecule has 0 nitrogen and oxygen atoms in total. The first-order valence-electron chi connectivity index (χ1n) is 13.6. The van der Waals surface area contributed by atoms with Crippen LogP contribution in [0.15, 0.2) is 12.2 Å². The Bertz CT molecular complexity index is 278. The van der Waals surface area contributed by atoms with Crippen LogP contribution in [0.25, 0.3) is 0 Å². The zero-order chi connectivity index (χ0) is 20.4. The molecule has 0 unspecified atom stereocenters. The van der Waals surface area contributed by atoms with Crippen LogP contribution in [-0.2, 0) is 0 Å². The van der Waals surface area contributed by atoms with E-state index in [1.54, 1.807) is 0 Å².